The number of aliphatic carboxylic acids is 1. The molecule has 1 amide bonds. The van der Waals surface area contributed by atoms with Gasteiger partial charge in [-0.25, -0.2) is 14.5 Å². The Morgan fingerprint density at radius 2 is 1.97 bits per heavy atom. The molecule has 0 saturated carbocycles. The van der Waals surface area contributed by atoms with Crippen molar-refractivity contribution in [3.8, 4) is 5.75 Å². The Labute approximate surface area is 168 Å². The second-order valence-electron chi connectivity index (χ2n) is 7.05. The minimum Gasteiger partial charge on any atom is -0.482 e. The van der Waals surface area contributed by atoms with Crippen LogP contribution in [-0.4, -0.2) is 44.9 Å². The number of carboxylic acids is 1. The number of nitrogens with one attached hydrogen (secondary N) is 1. The van der Waals surface area contributed by atoms with Crippen LogP contribution in [0.2, 0.25) is 0 Å². The number of benzene rings is 1. The van der Waals surface area contributed by atoms with Crippen LogP contribution in [0.5, 0.6) is 5.75 Å². The van der Waals surface area contributed by atoms with Crippen molar-refractivity contribution in [2.75, 3.05) is 13.2 Å². The van der Waals surface area contributed by atoms with Crippen LogP contribution in [0.25, 0.3) is 11.0 Å². The summed E-state index contributed by atoms with van der Waals surface area (Å²) in [6, 6.07) is 9.15. The van der Waals surface area contributed by atoms with Crippen molar-refractivity contribution in [2.45, 2.75) is 33.2 Å². The molecule has 2 N–H and O–H groups in total. The second kappa shape index (κ2) is 8.72. The molecule has 2 aromatic heterocycles. The standard InChI is InChI=1S/C21H24N4O4/c1-13(2)25-20-16(11-23-25)10-18(14(3)24-20)21(28)22-9-8-15-4-6-17(7-5-15)29-12-19(26)27/h4-7,10-11,13H,8-9,12H2,1-3H3,(H,22,28)(H,26,27). The summed E-state index contributed by atoms with van der Waals surface area (Å²) in [5.74, 6) is -0.691. The molecule has 29 heavy (non-hydrogen) atoms. The van der Waals surface area contributed by atoms with Gasteiger partial charge in [-0.05, 0) is 51.0 Å². The van der Waals surface area contributed by atoms with Crippen LogP contribution < -0.4 is 10.1 Å². The van der Waals surface area contributed by atoms with Gasteiger partial charge in [0.1, 0.15) is 5.75 Å². The Morgan fingerprint density at radius 3 is 2.62 bits per heavy atom. The first-order valence-corrected chi connectivity index (χ1v) is 9.41. The van der Waals surface area contributed by atoms with E-state index in [1.165, 1.54) is 0 Å². The van der Waals surface area contributed by atoms with Crippen LogP contribution in [-0.2, 0) is 11.2 Å². The maximum atomic E-state index is 12.6. The molecule has 3 rings (SSSR count). The van der Waals surface area contributed by atoms with Crippen molar-refractivity contribution in [1.82, 2.24) is 20.1 Å². The first kappa shape index (κ1) is 20.3. The average molecular weight is 396 g/mol. The van der Waals surface area contributed by atoms with E-state index in [1.54, 1.807) is 18.3 Å². The third kappa shape index (κ3) is 4.90. The molecular formula is C21H24N4O4. The summed E-state index contributed by atoms with van der Waals surface area (Å²) in [6.45, 7) is 5.99. The van der Waals surface area contributed by atoms with Crippen LogP contribution in [0.1, 0.15) is 41.5 Å². The molecule has 0 aliphatic heterocycles. The molecule has 1 aromatic carbocycles. The molecule has 0 aliphatic rings. The molecule has 2 heterocycles. The summed E-state index contributed by atoms with van der Waals surface area (Å²) in [5, 5.41) is 16.7. The Morgan fingerprint density at radius 1 is 1.24 bits per heavy atom. The summed E-state index contributed by atoms with van der Waals surface area (Å²) < 4.78 is 6.95. The van der Waals surface area contributed by atoms with E-state index in [4.69, 9.17) is 9.84 Å². The van der Waals surface area contributed by atoms with E-state index >= 15 is 0 Å². The first-order chi connectivity index (χ1) is 13.8. The van der Waals surface area contributed by atoms with Crippen molar-refractivity contribution < 1.29 is 19.4 Å². The van der Waals surface area contributed by atoms with Gasteiger partial charge in [0.25, 0.3) is 5.91 Å². The highest BCUT2D eigenvalue weighted by molar-refractivity contribution is 5.98. The van der Waals surface area contributed by atoms with Gasteiger partial charge >= 0.3 is 5.97 Å². The summed E-state index contributed by atoms with van der Waals surface area (Å²) in [7, 11) is 0. The van der Waals surface area contributed by atoms with Gasteiger partial charge in [0.2, 0.25) is 0 Å². The van der Waals surface area contributed by atoms with Crippen LogP contribution in [0.3, 0.4) is 0 Å². The molecule has 8 heteroatoms. The lowest BCUT2D eigenvalue weighted by Gasteiger charge is -2.10. The normalized spacial score (nSPS) is 11.0. The molecule has 0 saturated heterocycles. The van der Waals surface area contributed by atoms with Gasteiger partial charge in [0.15, 0.2) is 12.3 Å². The zero-order chi connectivity index (χ0) is 21.0. The molecular weight excluding hydrogens is 372 g/mol. The number of aryl methyl sites for hydroxylation is 1. The number of hydrogen-bond donors (Lipinski definition) is 2. The number of pyridine rings is 1. The van der Waals surface area contributed by atoms with E-state index in [0.717, 1.165) is 16.6 Å². The van der Waals surface area contributed by atoms with Gasteiger partial charge in [-0.15, -0.1) is 0 Å². The minimum absolute atomic E-state index is 0.171. The number of aromatic nitrogens is 3. The molecule has 3 aromatic rings. The average Bonchev–Trinajstić information content (AvgIpc) is 3.09. The van der Waals surface area contributed by atoms with Gasteiger partial charge in [-0.1, -0.05) is 12.1 Å². The minimum atomic E-state index is -1.02. The van der Waals surface area contributed by atoms with Gasteiger partial charge in [-0.3, -0.25) is 4.79 Å². The van der Waals surface area contributed by atoms with E-state index in [1.807, 2.05) is 43.7 Å². The number of ether oxygens (including phenoxy) is 1. The third-order valence-electron chi connectivity index (χ3n) is 4.48. The third-order valence-corrected chi connectivity index (χ3v) is 4.48. The quantitative estimate of drug-likeness (QED) is 0.606. The molecule has 0 spiro atoms. The van der Waals surface area contributed by atoms with Gasteiger partial charge in [0.05, 0.1) is 17.5 Å². The summed E-state index contributed by atoms with van der Waals surface area (Å²) in [6.07, 6.45) is 2.37. The number of nitrogens with zero attached hydrogens (tertiary/aromatic N) is 3. The number of carbonyl (C=O) groups excluding carboxylic acids is 1. The van der Waals surface area contributed by atoms with Gasteiger partial charge in [-0.2, -0.15) is 5.10 Å². The topological polar surface area (TPSA) is 106 Å². The van der Waals surface area contributed by atoms with Crippen molar-refractivity contribution in [3.63, 3.8) is 0 Å². The molecule has 0 fully saturated rings. The fourth-order valence-corrected chi connectivity index (χ4v) is 2.99. The van der Waals surface area contributed by atoms with Crippen molar-refractivity contribution in [2.24, 2.45) is 0 Å². The van der Waals surface area contributed by atoms with Gasteiger partial charge in [0, 0.05) is 18.0 Å². The van der Waals surface area contributed by atoms with Crippen molar-refractivity contribution >= 4 is 22.9 Å². The SMILES string of the molecule is Cc1nc2c(cnn2C(C)C)cc1C(=O)NCCc1ccc(OCC(=O)O)cc1. The van der Waals surface area contributed by atoms with E-state index in [-0.39, 0.29) is 18.6 Å². The fraction of sp³-hybridized carbons (Fsp3) is 0.333. The van der Waals surface area contributed by atoms with Crippen LogP contribution >= 0.6 is 0 Å². The highest BCUT2D eigenvalue weighted by Crippen LogP contribution is 2.19. The number of carbonyl (C=O) groups is 2. The molecule has 0 aliphatic carbocycles. The van der Waals surface area contributed by atoms with E-state index in [2.05, 4.69) is 15.4 Å². The molecule has 0 bridgehead atoms. The fourth-order valence-electron chi connectivity index (χ4n) is 2.99. The number of carboxylic acid groups (broad SMARTS) is 1. The number of amides is 1. The van der Waals surface area contributed by atoms with E-state index in [0.29, 0.717) is 30.0 Å². The molecule has 152 valence electrons. The Balaban J connectivity index is 1.59. The monoisotopic (exact) mass is 396 g/mol. The lowest BCUT2D eigenvalue weighted by Crippen LogP contribution is -2.26. The van der Waals surface area contributed by atoms with E-state index in [9.17, 15) is 9.59 Å². The van der Waals surface area contributed by atoms with Crippen LogP contribution in [0.4, 0.5) is 0 Å². The highest BCUT2D eigenvalue weighted by Gasteiger charge is 2.15. The molecule has 8 nitrogen and oxygen atoms in total. The largest absolute Gasteiger partial charge is 0.482 e. The Bertz CT molecular complexity index is 1030. The lowest BCUT2D eigenvalue weighted by molar-refractivity contribution is -0.139. The number of hydrogen-bond acceptors (Lipinski definition) is 5. The zero-order valence-electron chi connectivity index (χ0n) is 16.7. The van der Waals surface area contributed by atoms with Crippen molar-refractivity contribution in [3.05, 3.63) is 53.3 Å². The predicted molar refractivity (Wildman–Crippen MR) is 108 cm³/mol. The number of fused-ring (bicyclic) bond motifs is 1. The maximum absolute atomic E-state index is 12.6. The lowest BCUT2D eigenvalue weighted by atomic mass is 10.1. The molecule has 0 radical (unpaired) electrons. The van der Waals surface area contributed by atoms with Gasteiger partial charge < -0.3 is 15.2 Å². The summed E-state index contributed by atoms with van der Waals surface area (Å²) in [4.78, 5) is 27.7. The van der Waals surface area contributed by atoms with E-state index < -0.39 is 5.97 Å². The smallest absolute Gasteiger partial charge is 0.341 e. The molecule has 0 atom stereocenters. The molecule has 0 unspecified atom stereocenters. The van der Waals surface area contributed by atoms with Crippen LogP contribution in [0, 0.1) is 6.92 Å². The Hall–Kier alpha value is -3.42. The maximum Gasteiger partial charge on any atom is 0.341 e. The first-order valence-electron chi connectivity index (χ1n) is 9.41. The Kier molecular flexibility index (Phi) is 6.11. The summed E-state index contributed by atoms with van der Waals surface area (Å²) in [5.41, 5.74) is 2.99. The van der Waals surface area contributed by atoms with Crippen LogP contribution in [0.15, 0.2) is 36.5 Å². The zero-order valence-corrected chi connectivity index (χ0v) is 16.7. The summed E-state index contributed by atoms with van der Waals surface area (Å²) >= 11 is 0. The highest BCUT2D eigenvalue weighted by atomic mass is 16.5. The number of rotatable bonds is 8. The second-order valence-corrected chi connectivity index (χ2v) is 7.05. The van der Waals surface area contributed by atoms with Crippen molar-refractivity contribution in [1.29, 1.82) is 0 Å². The predicted octanol–water partition coefficient (Wildman–Crippen LogP) is 2.76.